The maximum Gasteiger partial charge on any atom is 0.224 e. The van der Waals surface area contributed by atoms with Gasteiger partial charge in [-0.3, -0.25) is 4.79 Å². The molecule has 0 aromatic heterocycles. The van der Waals surface area contributed by atoms with Gasteiger partial charge in [-0.25, -0.2) is 0 Å². The minimum absolute atomic E-state index is 0.0345. The fraction of sp³-hybridized carbons (Fsp3) is 0.462. The summed E-state index contributed by atoms with van der Waals surface area (Å²) in [4.78, 5) is 11.4. The minimum Gasteiger partial charge on any atom is -0.385 e. The molecule has 0 bridgehead atoms. The van der Waals surface area contributed by atoms with Gasteiger partial charge in [0.15, 0.2) is 0 Å². The smallest absolute Gasteiger partial charge is 0.224 e. The van der Waals surface area contributed by atoms with E-state index < -0.39 is 0 Å². The summed E-state index contributed by atoms with van der Waals surface area (Å²) in [5.41, 5.74) is 8.43. The lowest BCUT2D eigenvalue weighted by Crippen LogP contribution is -2.12. The van der Waals surface area contributed by atoms with Crippen molar-refractivity contribution in [3.05, 3.63) is 23.8 Å². The number of hydrogen-bond donors (Lipinski definition) is 3. The van der Waals surface area contributed by atoms with Crippen molar-refractivity contribution in [3.63, 3.8) is 0 Å². The van der Waals surface area contributed by atoms with Crippen LogP contribution >= 0.6 is 0 Å². The minimum atomic E-state index is 0.0345. The second-order valence-corrected chi connectivity index (χ2v) is 3.95. The van der Waals surface area contributed by atoms with E-state index in [2.05, 4.69) is 10.6 Å². The van der Waals surface area contributed by atoms with Gasteiger partial charge in [-0.15, -0.1) is 0 Å². The molecule has 0 aliphatic carbocycles. The Labute approximate surface area is 103 Å². The Kier molecular flexibility index (Phi) is 5.49. The predicted molar refractivity (Wildman–Crippen MR) is 72.3 cm³/mol. The number of carbonyl (C=O) groups excluding carboxylic acids is 1. The average Bonchev–Trinajstić information content (AvgIpc) is 2.34. The topological polar surface area (TPSA) is 67.2 Å². The van der Waals surface area contributed by atoms with Crippen LogP contribution in [0.15, 0.2) is 18.2 Å². The van der Waals surface area contributed by atoms with Gasteiger partial charge >= 0.3 is 0 Å². The van der Waals surface area contributed by atoms with E-state index >= 15 is 0 Å². The third kappa shape index (κ3) is 4.07. The zero-order valence-corrected chi connectivity index (χ0v) is 10.5. The van der Waals surface area contributed by atoms with Gasteiger partial charge in [-0.2, -0.15) is 0 Å². The molecule has 17 heavy (non-hydrogen) atoms. The average molecular weight is 235 g/mol. The molecular weight excluding hydrogens is 214 g/mol. The molecule has 1 rings (SSSR count). The molecule has 94 valence electrons. The van der Waals surface area contributed by atoms with E-state index in [1.807, 2.05) is 32.0 Å². The summed E-state index contributed by atoms with van der Waals surface area (Å²) in [5.74, 6) is 0.0345. The number of amides is 1. The molecule has 1 amide bonds. The predicted octanol–water partition coefficient (Wildman–Crippen LogP) is 2.10. The number of benzene rings is 1. The summed E-state index contributed by atoms with van der Waals surface area (Å²) < 4.78 is 0. The third-order valence-electron chi connectivity index (χ3n) is 2.63. The molecule has 0 aliphatic rings. The summed E-state index contributed by atoms with van der Waals surface area (Å²) in [6.45, 7) is 5.37. The quantitative estimate of drug-likeness (QED) is 0.661. The number of rotatable bonds is 6. The van der Waals surface area contributed by atoms with Crippen molar-refractivity contribution in [3.8, 4) is 0 Å². The van der Waals surface area contributed by atoms with Gasteiger partial charge in [0.2, 0.25) is 5.91 Å². The van der Waals surface area contributed by atoms with Crippen LogP contribution in [0.4, 0.5) is 11.4 Å². The van der Waals surface area contributed by atoms with Crippen LogP contribution in [-0.4, -0.2) is 19.0 Å². The zero-order valence-electron chi connectivity index (χ0n) is 10.5. The van der Waals surface area contributed by atoms with Gasteiger partial charge in [-0.05, 0) is 37.6 Å². The van der Waals surface area contributed by atoms with E-state index in [0.29, 0.717) is 13.0 Å². The first kappa shape index (κ1) is 13.5. The molecule has 0 unspecified atom stereocenters. The second-order valence-electron chi connectivity index (χ2n) is 3.95. The molecule has 1 aromatic carbocycles. The first-order valence-electron chi connectivity index (χ1n) is 6.02. The standard InChI is InChI=1S/C13H21N3O/c1-3-13(17)16-12-7-4-6-11(10(12)2)15-9-5-8-14/h4,6-7,15H,3,5,8-9,14H2,1-2H3,(H,16,17). The Hall–Kier alpha value is -1.55. The molecule has 1 aromatic rings. The fourth-order valence-electron chi connectivity index (χ4n) is 1.53. The van der Waals surface area contributed by atoms with E-state index in [-0.39, 0.29) is 5.91 Å². The van der Waals surface area contributed by atoms with Crippen molar-refractivity contribution >= 4 is 17.3 Å². The Balaban J connectivity index is 2.72. The van der Waals surface area contributed by atoms with Crippen LogP contribution in [0.2, 0.25) is 0 Å². The lowest BCUT2D eigenvalue weighted by molar-refractivity contribution is -0.115. The lowest BCUT2D eigenvalue weighted by atomic mass is 10.1. The number of anilines is 2. The Bertz CT molecular complexity index is 377. The molecule has 0 saturated heterocycles. The Morgan fingerprint density at radius 3 is 2.71 bits per heavy atom. The van der Waals surface area contributed by atoms with Gasteiger partial charge in [-0.1, -0.05) is 13.0 Å². The summed E-state index contributed by atoms with van der Waals surface area (Å²) in [7, 11) is 0. The molecular formula is C13H21N3O. The van der Waals surface area contributed by atoms with Gasteiger partial charge in [0, 0.05) is 24.3 Å². The van der Waals surface area contributed by atoms with Gasteiger partial charge in [0.25, 0.3) is 0 Å². The maximum absolute atomic E-state index is 11.4. The van der Waals surface area contributed by atoms with Crippen LogP contribution in [0.5, 0.6) is 0 Å². The maximum atomic E-state index is 11.4. The first-order chi connectivity index (χ1) is 8.19. The largest absolute Gasteiger partial charge is 0.385 e. The molecule has 0 spiro atoms. The highest BCUT2D eigenvalue weighted by Crippen LogP contribution is 2.23. The monoisotopic (exact) mass is 235 g/mol. The van der Waals surface area contributed by atoms with Crippen molar-refractivity contribution in [2.75, 3.05) is 23.7 Å². The van der Waals surface area contributed by atoms with Crippen molar-refractivity contribution < 1.29 is 4.79 Å². The summed E-state index contributed by atoms with van der Waals surface area (Å²) in [6, 6.07) is 5.85. The Morgan fingerprint density at radius 1 is 1.35 bits per heavy atom. The van der Waals surface area contributed by atoms with E-state index in [4.69, 9.17) is 5.73 Å². The van der Waals surface area contributed by atoms with E-state index in [0.717, 1.165) is 29.9 Å². The molecule has 0 aliphatic heterocycles. The number of carbonyl (C=O) groups is 1. The highest BCUT2D eigenvalue weighted by atomic mass is 16.1. The second kappa shape index (κ2) is 6.91. The first-order valence-corrected chi connectivity index (χ1v) is 6.02. The number of nitrogens with one attached hydrogen (secondary N) is 2. The summed E-state index contributed by atoms with van der Waals surface area (Å²) in [5, 5.41) is 6.20. The van der Waals surface area contributed by atoms with Crippen molar-refractivity contribution in [1.29, 1.82) is 0 Å². The van der Waals surface area contributed by atoms with Crippen molar-refractivity contribution in [1.82, 2.24) is 0 Å². The molecule has 0 fully saturated rings. The summed E-state index contributed by atoms with van der Waals surface area (Å²) in [6.07, 6.45) is 1.43. The normalized spacial score (nSPS) is 10.1. The van der Waals surface area contributed by atoms with Gasteiger partial charge in [0.1, 0.15) is 0 Å². The molecule has 4 N–H and O–H groups in total. The molecule has 0 radical (unpaired) electrons. The lowest BCUT2D eigenvalue weighted by Gasteiger charge is -2.13. The van der Waals surface area contributed by atoms with Crippen LogP contribution in [0.25, 0.3) is 0 Å². The van der Waals surface area contributed by atoms with E-state index in [9.17, 15) is 4.79 Å². The van der Waals surface area contributed by atoms with Crippen LogP contribution in [-0.2, 0) is 4.79 Å². The van der Waals surface area contributed by atoms with Crippen LogP contribution in [0.1, 0.15) is 25.3 Å². The van der Waals surface area contributed by atoms with E-state index in [1.165, 1.54) is 0 Å². The van der Waals surface area contributed by atoms with Gasteiger partial charge < -0.3 is 16.4 Å². The number of nitrogens with two attached hydrogens (primary N) is 1. The highest BCUT2D eigenvalue weighted by Gasteiger charge is 2.05. The highest BCUT2D eigenvalue weighted by molar-refractivity contribution is 5.92. The van der Waals surface area contributed by atoms with Crippen molar-refractivity contribution in [2.45, 2.75) is 26.7 Å². The molecule has 0 atom stereocenters. The molecule has 0 saturated carbocycles. The fourth-order valence-corrected chi connectivity index (χ4v) is 1.53. The Morgan fingerprint density at radius 2 is 2.06 bits per heavy atom. The third-order valence-corrected chi connectivity index (χ3v) is 2.63. The van der Waals surface area contributed by atoms with E-state index in [1.54, 1.807) is 0 Å². The zero-order chi connectivity index (χ0) is 12.7. The molecule has 4 nitrogen and oxygen atoms in total. The molecule has 0 heterocycles. The number of hydrogen-bond acceptors (Lipinski definition) is 3. The molecule has 4 heteroatoms. The van der Waals surface area contributed by atoms with Gasteiger partial charge in [0.05, 0.1) is 0 Å². The van der Waals surface area contributed by atoms with Crippen LogP contribution < -0.4 is 16.4 Å². The van der Waals surface area contributed by atoms with Crippen LogP contribution in [0, 0.1) is 6.92 Å². The van der Waals surface area contributed by atoms with Crippen LogP contribution in [0.3, 0.4) is 0 Å². The van der Waals surface area contributed by atoms with Crippen molar-refractivity contribution in [2.24, 2.45) is 5.73 Å². The SMILES string of the molecule is CCC(=O)Nc1cccc(NCCCN)c1C. The summed E-state index contributed by atoms with van der Waals surface area (Å²) >= 11 is 0.